The van der Waals surface area contributed by atoms with Crippen molar-refractivity contribution >= 4 is 55.6 Å². The van der Waals surface area contributed by atoms with E-state index in [1.54, 1.807) is 13.8 Å². The van der Waals surface area contributed by atoms with E-state index < -0.39 is 30.0 Å². The monoisotopic (exact) mass is 482 g/mol. The van der Waals surface area contributed by atoms with Crippen molar-refractivity contribution in [2.45, 2.75) is 36.5 Å². The number of carbonyl (C=O) groups excluding carboxylic acids is 2. The molecule has 12 heteroatoms. The zero-order chi connectivity index (χ0) is 24.1. The minimum atomic E-state index is -4.68. The van der Waals surface area contributed by atoms with E-state index in [2.05, 4.69) is 10.6 Å². The summed E-state index contributed by atoms with van der Waals surface area (Å²) in [5.41, 5.74) is 0.311. The van der Waals surface area contributed by atoms with Crippen LogP contribution in [-0.4, -0.2) is 37.8 Å². The molecule has 0 aliphatic heterocycles. The molecule has 0 unspecified atom stereocenters. The van der Waals surface area contributed by atoms with Crippen molar-refractivity contribution in [3.8, 4) is 0 Å². The first-order valence-corrected chi connectivity index (χ1v) is 12.2. The highest BCUT2D eigenvalue weighted by Gasteiger charge is 2.18. The van der Waals surface area contributed by atoms with Gasteiger partial charge in [-0.3, -0.25) is 18.7 Å². The second-order valence-electron chi connectivity index (χ2n) is 6.59. The lowest BCUT2D eigenvalue weighted by Crippen LogP contribution is -2.11. The molecule has 0 aliphatic rings. The van der Waals surface area contributed by atoms with Crippen molar-refractivity contribution in [3.63, 3.8) is 0 Å². The average Bonchev–Trinajstić information content (AvgIpc) is 2.71. The Hall–Kier alpha value is -3.06. The van der Waals surface area contributed by atoms with Gasteiger partial charge in [-0.25, -0.2) is 0 Å². The largest absolute Gasteiger partial charge is 0.326 e. The van der Waals surface area contributed by atoms with Gasteiger partial charge in [0.2, 0.25) is 11.8 Å². The maximum absolute atomic E-state index is 11.8. The van der Waals surface area contributed by atoms with Gasteiger partial charge in [-0.2, -0.15) is 16.8 Å². The van der Waals surface area contributed by atoms with Crippen LogP contribution < -0.4 is 10.6 Å². The van der Waals surface area contributed by atoms with Crippen molar-refractivity contribution < 1.29 is 35.5 Å². The van der Waals surface area contributed by atoms with Crippen LogP contribution in [-0.2, 0) is 29.8 Å². The van der Waals surface area contributed by atoms with Gasteiger partial charge in [-0.1, -0.05) is 38.1 Å². The summed E-state index contributed by atoms with van der Waals surface area (Å²) in [4.78, 5) is 22.1. The molecule has 0 heterocycles. The van der Waals surface area contributed by atoms with Crippen LogP contribution in [0.15, 0.2) is 46.2 Å². The molecular weight excluding hydrogens is 460 g/mol. The van der Waals surface area contributed by atoms with Gasteiger partial charge in [-0.05, 0) is 35.4 Å². The Morgan fingerprint density at radius 1 is 0.750 bits per heavy atom. The third kappa shape index (κ3) is 6.72. The van der Waals surface area contributed by atoms with Gasteiger partial charge in [-0.15, -0.1) is 0 Å². The molecule has 0 saturated carbocycles. The summed E-state index contributed by atoms with van der Waals surface area (Å²) in [6, 6.07) is 7.58. The number of hydrogen-bond acceptors (Lipinski definition) is 6. The van der Waals surface area contributed by atoms with Crippen LogP contribution in [0, 0.1) is 0 Å². The second kappa shape index (κ2) is 10.0. The molecule has 2 amide bonds. The lowest BCUT2D eigenvalue weighted by atomic mass is 10.1. The van der Waals surface area contributed by atoms with Crippen LogP contribution in [0.4, 0.5) is 11.4 Å². The number of hydrogen-bond donors (Lipinski definition) is 4. The summed E-state index contributed by atoms with van der Waals surface area (Å²) in [5, 5.41) is 4.95. The maximum Gasteiger partial charge on any atom is 0.295 e. The Morgan fingerprint density at radius 2 is 1.09 bits per heavy atom. The lowest BCUT2D eigenvalue weighted by molar-refractivity contribution is -0.116. The van der Waals surface area contributed by atoms with Crippen LogP contribution in [0.25, 0.3) is 12.2 Å². The molecule has 0 fully saturated rings. The summed E-state index contributed by atoms with van der Waals surface area (Å²) in [6.07, 6.45) is 2.78. The van der Waals surface area contributed by atoms with E-state index in [-0.39, 0.29) is 47.2 Å². The maximum atomic E-state index is 11.8. The van der Waals surface area contributed by atoms with E-state index in [4.69, 9.17) is 0 Å². The SMILES string of the molecule is CCC(=O)Nc1ccc(/C=C/c2ccc(NC(=O)CC)cc2S(=O)(=O)O)c(S(=O)(=O)O)c1. The molecule has 32 heavy (non-hydrogen) atoms. The lowest BCUT2D eigenvalue weighted by Gasteiger charge is -2.10. The van der Waals surface area contributed by atoms with Gasteiger partial charge in [0.15, 0.2) is 0 Å². The molecule has 2 aromatic carbocycles. The fraction of sp³-hybridized carbons (Fsp3) is 0.200. The highest BCUT2D eigenvalue weighted by Crippen LogP contribution is 2.26. The molecule has 2 rings (SSSR count). The topological polar surface area (TPSA) is 167 Å². The second-order valence-corrected chi connectivity index (χ2v) is 9.37. The Balaban J connectivity index is 2.52. The standard InChI is InChI=1S/C20H22N2O8S2/c1-3-19(23)21-15-9-7-13(17(11-15)31(25,26)27)5-6-14-8-10-16(22-20(24)4-2)12-18(14)32(28,29)30/h5-12H,3-4H2,1-2H3,(H,21,23)(H,22,24)(H,25,26,27)(H,28,29,30)/b6-5+. The number of rotatable bonds is 8. The smallest absolute Gasteiger partial charge is 0.295 e. The number of anilines is 2. The van der Waals surface area contributed by atoms with Crippen molar-refractivity contribution in [2.75, 3.05) is 10.6 Å². The van der Waals surface area contributed by atoms with Gasteiger partial charge in [0, 0.05) is 24.2 Å². The fourth-order valence-electron chi connectivity index (χ4n) is 2.62. The normalized spacial score (nSPS) is 12.0. The number of carbonyl (C=O) groups is 2. The molecule has 0 radical (unpaired) electrons. The van der Waals surface area contributed by atoms with E-state index in [1.807, 2.05) is 0 Å². The molecule has 0 spiro atoms. The van der Waals surface area contributed by atoms with Crippen LogP contribution in [0.2, 0.25) is 0 Å². The van der Waals surface area contributed by atoms with E-state index in [9.17, 15) is 35.5 Å². The summed E-state index contributed by atoms with van der Waals surface area (Å²) in [5.74, 6) is -0.717. The fourth-order valence-corrected chi connectivity index (χ4v) is 4.04. The Kier molecular flexibility index (Phi) is 7.91. The van der Waals surface area contributed by atoms with Crippen molar-refractivity contribution in [1.82, 2.24) is 0 Å². The van der Waals surface area contributed by atoms with E-state index >= 15 is 0 Å². The summed E-state index contributed by atoms with van der Waals surface area (Å²) >= 11 is 0. The van der Waals surface area contributed by atoms with Crippen molar-refractivity contribution in [1.29, 1.82) is 0 Å². The summed E-state index contributed by atoms with van der Waals surface area (Å²) < 4.78 is 66.3. The van der Waals surface area contributed by atoms with E-state index in [0.717, 1.165) is 12.1 Å². The van der Waals surface area contributed by atoms with Crippen molar-refractivity contribution in [3.05, 3.63) is 47.5 Å². The molecule has 0 aliphatic carbocycles. The molecule has 2 aromatic rings. The first kappa shape index (κ1) is 25.2. The van der Waals surface area contributed by atoms with Gasteiger partial charge >= 0.3 is 0 Å². The predicted molar refractivity (Wildman–Crippen MR) is 119 cm³/mol. The molecular formula is C20H22N2O8S2. The highest BCUT2D eigenvalue weighted by atomic mass is 32.2. The Labute approximate surface area is 185 Å². The van der Waals surface area contributed by atoms with E-state index in [1.165, 1.54) is 36.4 Å². The van der Waals surface area contributed by atoms with Gasteiger partial charge < -0.3 is 10.6 Å². The number of nitrogens with one attached hydrogen (secondary N) is 2. The van der Waals surface area contributed by atoms with Crippen LogP contribution in [0.3, 0.4) is 0 Å². The zero-order valence-corrected chi connectivity index (χ0v) is 18.8. The number of amides is 2. The van der Waals surface area contributed by atoms with Crippen molar-refractivity contribution in [2.24, 2.45) is 0 Å². The third-order valence-electron chi connectivity index (χ3n) is 4.24. The van der Waals surface area contributed by atoms with Gasteiger partial charge in [0.25, 0.3) is 20.2 Å². The quantitative estimate of drug-likeness (QED) is 0.329. The van der Waals surface area contributed by atoms with Gasteiger partial charge in [0.05, 0.1) is 0 Å². The predicted octanol–water partition coefficient (Wildman–Crippen LogP) is 3.05. The molecule has 0 atom stereocenters. The minimum Gasteiger partial charge on any atom is -0.326 e. The molecule has 0 bridgehead atoms. The molecule has 0 aromatic heterocycles. The van der Waals surface area contributed by atoms with Gasteiger partial charge in [0.1, 0.15) is 9.79 Å². The number of benzene rings is 2. The highest BCUT2D eigenvalue weighted by molar-refractivity contribution is 7.86. The van der Waals surface area contributed by atoms with Crippen LogP contribution in [0.5, 0.6) is 0 Å². The summed E-state index contributed by atoms with van der Waals surface area (Å²) in [7, 11) is -9.36. The van der Waals surface area contributed by atoms with E-state index in [0.29, 0.717) is 0 Å². The minimum absolute atomic E-state index is 0.00616. The first-order valence-electron chi connectivity index (χ1n) is 9.36. The molecule has 172 valence electrons. The zero-order valence-electron chi connectivity index (χ0n) is 17.2. The molecule has 0 saturated heterocycles. The van der Waals surface area contributed by atoms with Crippen LogP contribution in [0.1, 0.15) is 37.8 Å². The van der Waals surface area contributed by atoms with Crippen LogP contribution >= 0.6 is 0 Å². The third-order valence-corrected chi connectivity index (χ3v) is 6.05. The Bertz CT molecular complexity index is 1180. The average molecular weight is 483 g/mol. The first-order chi connectivity index (χ1) is 14.8. The summed E-state index contributed by atoms with van der Waals surface area (Å²) in [6.45, 7) is 3.23. The molecule has 4 N–H and O–H groups in total. The Morgan fingerprint density at radius 3 is 1.38 bits per heavy atom. The molecule has 10 nitrogen and oxygen atoms in total.